The summed E-state index contributed by atoms with van der Waals surface area (Å²) in [6.45, 7) is 3.72. The van der Waals surface area contributed by atoms with Gasteiger partial charge in [0.1, 0.15) is 12.4 Å². The van der Waals surface area contributed by atoms with E-state index < -0.39 is 10.0 Å². The van der Waals surface area contributed by atoms with E-state index in [2.05, 4.69) is 4.72 Å². The SMILES string of the molecule is Cc1ccc(OCCN(C)C(=O)c2ccc(S(=O)(=O)NCC3CCCO3)cc2)cc1. The number of ether oxygens (including phenoxy) is 2. The van der Waals surface area contributed by atoms with Crippen LogP contribution in [0.5, 0.6) is 5.75 Å². The van der Waals surface area contributed by atoms with E-state index in [-0.39, 0.29) is 23.5 Å². The second-order valence-electron chi connectivity index (χ2n) is 7.40. The van der Waals surface area contributed by atoms with Crippen LogP contribution in [0.15, 0.2) is 53.4 Å². The van der Waals surface area contributed by atoms with Gasteiger partial charge in [0.25, 0.3) is 5.91 Å². The van der Waals surface area contributed by atoms with Crippen LogP contribution in [-0.2, 0) is 14.8 Å². The first-order valence-corrected chi connectivity index (χ1v) is 11.5. The number of carbonyl (C=O) groups is 1. The smallest absolute Gasteiger partial charge is 0.253 e. The van der Waals surface area contributed by atoms with Gasteiger partial charge in [-0.15, -0.1) is 0 Å². The van der Waals surface area contributed by atoms with Gasteiger partial charge in [0, 0.05) is 25.8 Å². The molecule has 3 rings (SSSR count). The topological polar surface area (TPSA) is 84.9 Å². The van der Waals surface area contributed by atoms with Crippen molar-refractivity contribution in [3.8, 4) is 5.75 Å². The molecule has 1 unspecified atom stereocenters. The summed E-state index contributed by atoms with van der Waals surface area (Å²) in [5, 5.41) is 0. The van der Waals surface area contributed by atoms with Crippen LogP contribution >= 0.6 is 0 Å². The van der Waals surface area contributed by atoms with Gasteiger partial charge < -0.3 is 14.4 Å². The number of hydrogen-bond donors (Lipinski definition) is 1. The number of benzene rings is 2. The zero-order valence-corrected chi connectivity index (χ0v) is 18.2. The number of nitrogens with one attached hydrogen (secondary N) is 1. The van der Waals surface area contributed by atoms with Crippen molar-refractivity contribution in [2.45, 2.75) is 30.8 Å². The lowest BCUT2D eigenvalue weighted by atomic mass is 10.2. The molecule has 0 spiro atoms. The summed E-state index contributed by atoms with van der Waals surface area (Å²) in [6.07, 6.45) is 1.74. The van der Waals surface area contributed by atoms with E-state index in [0.717, 1.165) is 24.2 Å². The third-order valence-electron chi connectivity index (χ3n) is 5.00. The zero-order chi connectivity index (χ0) is 21.6. The van der Waals surface area contributed by atoms with Crippen molar-refractivity contribution in [1.29, 1.82) is 0 Å². The minimum atomic E-state index is -3.63. The average molecular weight is 433 g/mol. The van der Waals surface area contributed by atoms with E-state index >= 15 is 0 Å². The summed E-state index contributed by atoms with van der Waals surface area (Å²) in [4.78, 5) is 14.3. The summed E-state index contributed by atoms with van der Waals surface area (Å²) >= 11 is 0. The molecule has 1 saturated heterocycles. The van der Waals surface area contributed by atoms with Gasteiger partial charge in [-0.25, -0.2) is 13.1 Å². The summed E-state index contributed by atoms with van der Waals surface area (Å²) in [5.41, 5.74) is 1.58. The number of hydrogen-bond acceptors (Lipinski definition) is 5. The molecule has 8 heteroatoms. The van der Waals surface area contributed by atoms with E-state index in [9.17, 15) is 13.2 Å². The Morgan fingerprint density at radius 1 is 1.17 bits per heavy atom. The van der Waals surface area contributed by atoms with Gasteiger partial charge in [-0.1, -0.05) is 17.7 Å². The molecule has 1 atom stereocenters. The Kier molecular flexibility index (Phi) is 7.47. The molecule has 7 nitrogen and oxygen atoms in total. The molecule has 0 radical (unpaired) electrons. The van der Waals surface area contributed by atoms with Crippen LogP contribution in [0.25, 0.3) is 0 Å². The van der Waals surface area contributed by atoms with Crippen molar-refractivity contribution in [3.05, 3.63) is 59.7 Å². The third-order valence-corrected chi connectivity index (χ3v) is 6.44. The van der Waals surface area contributed by atoms with Crippen LogP contribution in [0.4, 0.5) is 0 Å². The van der Waals surface area contributed by atoms with Crippen LogP contribution in [0.1, 0.15) is 28.8 Å². The highest BCUT2D eigenvalue weighted by Crippen LogP contribution is 2.15. The standard InChI is InChI=1S/C22H28N2O5S/c1-17-5-9-19(10-6-17)29-15-13-24(2)22(25)18-7-11-21(12-8-18)30(26,27)23-16-20-4-3-14-28-20/h5-12,20,23H,3-4,13-16H2,1-2H3. The Balaban J connectivity index is 1.51. The summed E-state index contributed by atoms with van der Waals surface area (Å²) in [5.74, 6) is 0.560. The fourth-order valence-electron chi connectivity index (χ4n) is 3.12. The van der Waals surface area contributed by atoms with E-state index in [1.807, 2.05) is 31.2 Å². The lowest BCUT2D eigenvalue weighted by molar-refractivity contribution is 0.0773. The molecule has 0 aliphatic carbocycles. The average Bonchev–Trinajstić information content (AvgIpc) is 3.27. The van der Waals surface area contributed by atoms with Gasteiger partial charge in [-0.2, -0.15) is 0 Å². The number of carbonyl (C=O) groups excluding carboxylic acids is 1. The Hall–Kier alpha value is -2.42. The highest BCUT2D eigenvalue weighted by molar-refractivity contribution is 7.89. The molecule has 1 aliphatic rings. The Labute approximate surface area is 178 Å². The lowest BCUT2D eigenvalue weighted by Crippen LogP contribution is -2.32. The molecule has 2 aromatic rings. The van der Waals surface area contributed by atoms with Crippen LogP contribution < -0.4 is 9.46 Å². The van der Waals surface area contributed by atoms with Crippen LogP contribution in [0, 0.1) is 6.92 Å². The van der Waals surface area contributed by atoms with Crippen LogP contribution in [0.2, 0.25) is 0 Å². The molecular weight excluding hydrogens is 404 g/mol. The van der Waals surface area contributed by atoms with Crippen LogP contribution in [0.3, 0.4) is 0 Å². The summed E-state index contributed by atoms with van der Waals surface area (Å²) < 4.78 is 38.5. The third kappa shape index (κ3) is 6.04. The summed E-state index contributed by atoms with van der Waals surface area (Å²) in [7, 11) is -1.94. The van der Waals surface area contributed by atoms with Crippen molar-refractivity contribution in [1.82, 2.24) is 9.62 Å². The normalized spacial score (nSPS) is 16.4. The first kappa shape index (κ1) is 22.3. The molecule has 1 N–H and O–H groups in total. The number of rotatable bonds is 9. The van der Waals surface area contributed by atoms with Gasteiger partial charge in [0.15, 0.2) is 0 Å². The molecule has 0 bridgehead atoms. The first-order valence-electron chi connectivity index (χ1n) is 10.0. The summed E-state index contributed by atoms with van der Waals surface area (Å²) in [6, 6.07) is 13.7. The molecule has 1 aliphatic heterocycles. The largest absolute Gasteiger partial charge is 0.492 e. The quantitative estimate of drug-likeness (QED) is 0.658. The van der Waals surface area contributed by atoms with Crippen molar-refractivity contribution in [2.24, 2.45) is 0 Å². The molecule has 0 aromatic heterocycles. The molecule has 1 heterocycles. The van der Waals surface area contributed by atoms with Crippen LogP contribution in [-0.4, -0.2) is 58.7 Å². The maximum Gasteiger partial charge on any atom is 0.253 e. The molecule has 1 fully saturated rings. The fourth-order valence-corrected chi connectivity index (χ4v) is 4.19. The monoisotopic (exact) mass is 432 g/mol. The van der Waals surface area contributed by atoms with E-state index in [1.165, 1.54) is 24.3 Å². The maximum absolute atomic E-state index is 12.6. The second kappa shape index (κ2) is 10.1. The van der Waals surface area contributed by atoms with Gasteiger partial charge in [0.05, 0.1) is 17.5 Å². The minimum absolute atomic E-state index is 0.0728. The Bertz CT molecular complexity index is 936. The Morgan fingerprint density at radius 2 is 1.87 bits per heavy atom. The predicted octanol–water partition coefficient (Wildman–Crippen LogP) is 2.60. The lowest BCUT2D eigenvalue weighted by Gasteiger charge is -2.18. The number of nitrogens with zero attached hydrogens (tertiary/aromatic N) is 1. The van der Waals surface area contributed by atoms with E-state index in [1.54, 1.807) is 11.9 Å². The molecule has 2 aromatic carbocycles. The van der Waals surface area contributed by atoms with Gasteiger partial charge >= 0.3 is 0 Å². The second-order valence-corrected chi connectivity index (χ2v) is 9.17. The molecule has 162 valence electrons. The number of sulfonamides is 1. The highest BCUT2D eigenvalue weighted by atomic mass is 32.2. The fraction of sp³-hybridized carbons (Fsp3) is 0.409. The number of aryl methyl sites for hydroxylation is 1. The highest BCUT2D eigenvalue weighted by Gasteiger charge is 2.21. The predicted molar refractivity (Wildman–Crippen MR) is 114 cm³/mol. The maximum atomic E-state index is 12.6. The van der Waals surface area contributed by atoms with Gasteiger partial charge in [-0.3, -0.25) is 4.79 Å². The Morgan fingerprint density at radius 3 is 2.50 bits per heavy atom. The van der Waals surface area contributed by atoms with Crippen molar-refractivity contribution in [3.63, 3.8) is 0 Å². The molecule has 1 amide bonds. The van der Waals surface area contributed by atoms with Gasteiger partial charge in [-0.05, 0) is 56.2 Å². The number of amides is 1. The number of likely N-dealkylation sites (N-methyl/N-ethyl adjacent to an activating group) is 1. The van der Waals surface area contributed by atoms with E-state index in [4.69, 9.17) is 9.47 Å². The van der Waals surface area contributed by atoms with Crippen molar-refractivity contribution in [2.75, 3.05) is 33.4 Å². The molecular formula is C22H28N2O5S. The molecule has 30 heavy (non-hydrogen) atoms. The van der Waals surface area contributed by atoms with E-state index in [0.29, 0.717) is 25.3 Å². The zero-order valence-electron chi connectivity index (χ0n) is 17.3. The minimum Gasteiger partial charge on any atom is -0.492 e. The first-order chi connectivity index (χ1) is 14.3. The van der Waals surface area contributed by atoms with Gasteiger partial charge in [0.2, 0.25) is 10.0 Å². The molecule has 0 saturated carbocycles. The van der Waals surface area contributed by atoms with Crippen molar-refractivity contribution < 1.29 is 22.7 Å². The van der Waals surface area contributed by atoms with Crippen molar-refractivity contribution >= 4 is 15.9 Å².